The van der Waals surface area contributed by atoms with Crippen LogP contribution in [0.25, 0.3) is 0 Å². The molecule has 20 nitrogen and oxygen atoms in total. The molecule has 4 heterocycles. The minimum Gasteiger partial charge on any atom is -0.368 e. The minimum absolute atomic E-state index is 0. The van der Waals surface area contributed by atoms with Gasteiger partial charge in [-0.05, 0) is 110 Å². The van der Waals surface area contributed by atoms with Crippen LogP contribution in [0.5, 0.6) is 0 Å². The van der Waals surface area contributed by atoms with Crippen LogP contribution >= 0.6 is 0 Å². The quantitative estimate of drug-likeness (QED) is 0.0342. The number of hydrogen-bond acceptors (Lipinski definition) is 13. The molecule has 75 heavy (non-hydrogen) atoms. The summed E-state index contributed by atoms with van der Waals surface area (Å²) in [5, 5.41) is 26.6. The molecule has 7 unspecified atom stereocenters. The number of nitrogens with one attached hydrogen (secondary N) is 5. The zero-order chi connectivity index (χ0) is 54.0. The molecule has 4 fully saturated rings. The van der Waals surface area contributed by atoms with Gasteiger partial charge in [-0.1, -0.05) is 106 Å². The Morgan fingerprint density at radius 1 is 0.840 bits per heavy atom. The van der Waals surface area contributed by atoms with Gasteiger partial charge in [0.1, 0.15) is 17.4 Å². The number of aliphatic imine (C=N–C) groups is 1. The van der Waals surface area contributed by atoms with E-state index in [1.807, 2.05) is 78.7 Å². The van der Waals surface area contributed by atoms with Crippen LogP contribution in [-0.2, 0) is 28.8 Å². The van der Waals surface area contributed by atoms with Crippen molar-refractivity contribution in [2.75, 3.05) is 20.6 Å². The van der Waals surface area contributed by atoms with Crippen LogP contribution in [0.4, 0.5) is 0 Å². The Balaban J connectivity index is 0.000000305. The first-order chi connectivity index (χ1) is 35.8. The van der Waals surface area contributed by atoms with Crippen molar-refractivity contribution in [3.05, 3.63) is 83.7 Å². The summed E-state index contributed by atoms with van der Waals surface area (Å²) in [6.45, 7) is 11.0. The van der Waals surface area contributed by atoms with E-state index in [2.05, 4.69) is 72.7 Å². The first kappa shape index (κ1) is 62.8. The monoisotopic (exact) mass is 1040 g/mol. The van der Waals surface area contributed by atoms with Crippen molar-refractivity contribution in [1.29, 1.82) is 0 Å². The SMILES string of the molecule is C.CCCCC(=O)N1CCCC1CC.CNC(C)C(N)=O.CN[C@@H](C)C(=O)NC1CCCCC2CCC(C)N2C1=O.N/N=C(\C=NC1CCC1n1cc([C@@H](NC=O)c2ccccc2)nn1)[C@@H](NC=O)c1ccccc1. The number of likely N-dealkylation sites (N-methyl/N-ethyl adjacent to an activating group) is 2. The number of carbonyl (C=O) groups excluding carboxylic acids is 6. The fourth-order valence-corrected chi connectivity index (χ4v) is 9.57. The van der Waals surface area contributed by atoms with Crippen molar-refractivity contribution in [2.45, 2.75) is 192 Å². The van der Waals surface area contributed by atoms with Crippen LogP contribution in [0.3, 0.4) is 0 Å². The van der Waals surface area contributed by atoms with Crippen molar-refractivity contribution >= 4 is 48.4 Å². The van der Waals surface area contributed by atoms with E-state index in [1.165, 1.54) is 12.8 Å². The number of carbonyl (C=O) groups is 6. The molecule has 9 N–H and O–H groups in total. The third kappa shape index (κ3) is 18.7. The van der Waals surface area contributed by atoms with Gasteiger partial charge in [0.25, 0.3) is 0 Å². The van der Waals surface area contributed by atoms with Gasteiger partial charge in [0.05, 0.1) is 42.4 Å². The van der Waals surface area contributed by atoms with Crippen LogP contribution in [0, 0.1) is 0 Å². The lowest BCUT2D eigenvalue weighted by molar-refractivity contribution is -0.140. The van der Waals surface area contributed by atoms with Crippen LogP contribution in [-0.4, -0.2) is 136 Å². The van der Waals surface area contributed by atoms with Crippen molar-refractivity contribution in [3.8, 4) is 0 Å². The lowest BCUT2D eigenvalue weighted by Crippen LogP contribution is -2.55. The normalized spacial score (nSPS) is 22.7. The number of benzene rings is 2. The molecular weight excluding hydrogens is 953 g/mol. The Kier molecular flexibility index (Phi) is 27.9. The van der Waals surface area contributed by atoms with Gasteiger partial charge in [-0.15, -0.1) is 5.10 Å². The second-order valence-corrected chi connectivity index (χ2v) is 19.4. The molecule has 3 saturated heterocycles. The summed E-state index contributed by atoms with van der Waals surface area (Å²) in [6, 6.07) is 18.6. The Labute approximate surface area is 445 Å². The average Bonchev–Trinajstić information content (AvgIpc) is 4.18. The van der Waals surface area contributed by atoms with Gasteiger partial charge < -0.3 is 48.0 Å². The average molecular weight is 1040 g/mol. The van der Waals surface area contributed by atoms with Crippen molar-refractivity contribution in [2.24, 2.45) is 21.7 Å². The molecular formula is C55H88N14O6. The first-order valence-electron chi connectivity index (χ1n) is 26.5. The van der Waals surface area contributed by atoms with E-state index < -0.39 is 6.04 Å². The minimum atomic E-state index is -0.495. The van der Waals surface area contributed by atoms with Gasteiger partial charge in [-0.2, -0.15) is 5.10 Å². The molecule has 3 aliphatic heterocycles. The van der Waals surface area contributed by atoms with E-state index in [-0.39, 0.29) is 61.4 Å². The Bertz CT molecular complexity index is 2250. The van der Waals surface area contributed by atoms with Gasteiger partial charge in [0.15, 0.2) is 0 Å². The van der Waals surface area contributed by atoms with Crippen molar-refractivity contribution < 1.29 is 28.8 Å². The maximum Gasteiger partial charge on any atom is 0.245 e. The summed E-state index contributed by atoms with van der Waals surface area (Å²) in [5.41, 5.74) is 7.71. The first-order valence-corrected chi connectivity index (χ1v) is 26.5. The molecule has 3 aromatic rings. The van der Waals surface area contributed by atoms with E-state index in [9.17, 15) is 28.8 Å². The fourth-order valence-electron chi connectivity index (χ4n) is 9.57. The summed E-state index contributed by atoms with van der Waals surface area (Å²) >= 11 is 0. The zero-order valence-corrected chi connectivity index (χ0v) is 44.7. The lowest BCUT2D eigenvalue weighted by Gasteiger charge is -2.35. The van der Waals surface area contributed by atoms with Crippen molar-refractivity contribution in [1.82, 2.24) is 51.4 Å². The van der Waals surface area contributed by atoms with Gasteiger partial charge >= 0.3 is 0 Å². The molecule has 0 bridgehead atoms. The Morgan fingerprint density at radius 3 is 2.05 bits per heavy atom. The molecule has 7 rings (SSSR count). The largest absolute Gasteiger partial charge is 0.368 e. The Morgan fingerprint density at radius 2 is 1.49 bits per heavy atom. The highest BCUT2D eigenvalue weighted by Crippen LogP contribution is 2.35. The molecule has 0 radical (unpaired) electrons. The van der Waals surface area contributed by atoms with E-state index in [4.69, 9.17) is 11.6 Å². The summed E-state index contributed by atoms with van der Waals surface area (Å²) in [5.74, 6) is 5.73. The molecule has 1 saturated carbocycles. The van der Waals surface area contributed by atoms with Gasteiger partial charge in [0, 0.05) is 37.3 Å². The lowest BCUT2D eigenvalue weighted by atomic mass is 9.87. The smallest absolute Gasteiger partial charge is 0.245 e. The van der Waals surface area contributed by atoms with Gasteiger partial charge in [-0.25, -0.2) is 4.68 Å². The summed E-state index contributed by atoms with van der Waals surface area (Å²) in [4.78, 5) is 77.7. The van der Waals surface area contributed by atoms with Gasteiger partial charge in [-0.3, -0.25) is 33.8 Å². The molecule has 6 amide bonds. The third-order valence-corrected chi connectivity index (χ3v) is 14.5. The highest BCUT2D eigenvalue weighted by atomic mass is 16.2. The highest BCUT2D eigenvalue weighted by Gasteiger charge is 2.39. The molecule has 0 spiro atoms. The van der Waals surface area contributed by atoms with E-state index in [1.54, 1.807) is 31.9 Å². The number of amides is 6. The summed E-state index contributed by atoms with van der Waals surface area (Å²) < 4.78 is 1.79. The van der Waals surface area contributed by atoms with Crippen LogP contribution in [0.15, 0.2) is 77.0 Å². The highest BCUT2D eigenvalue weighted by molar-refractivity contribution is 6.33. The van der Waals surface area contributed by atoms with Crippen LogP contribution < -0.4 is 38.2 Å². The number of nitrogens with zero attached hydrogens (tertiary/aromatic N) is 7. The second-order valence-electron chi connectivity index (χ2n) is 19.4. The van der Waals surface area contributed by atoms with Crippen LogP contribution in [0.2, 0.25) is 0 Å². The number of hydrogen-bond donors (Lipinski definition) is 7. The molecule has 1 aromatic heterocycles. The fraction of sp³-hybridized carbons (Fsp3) is 0.600. The molecule has 20 heteroatoms. The Hall–Kier alpha value is -6.54. The number of aromatic nitrogens is 3. The van der Waals surface area contributed by atoms with Crippen LogP contribution in [0.1, 0.15) is 167 Å². The third-order valence-electron chi connectivity index (χ3n) is 14.5. The van der Waals surface area contributed by atoms with E-state index in [0.717, 1.165) is 94.7 Å². The molecule has 1 aliphatic carbocycles. The topological polar surface area (TPSA) is 277 Å². The van der Waals surface area contributed by atoms with Gasteiger partial charge in [0.2, 0.25) is 36.4 Å². The number of likely N-dealkylation sites (tertiary alicyclic amines) is 1. The number of fused-ring (bicyclic) bond motifs is 1. The molecule has 4 aliphatic rings. The predicted octanol–water partition coefficient (Wildman–Crippen LogP) is 5.02. The molecule has 10 atom stereocenters. The van der Waals surface area contributed by atoms with Crippen molar-refractivity contribution in [3.63, 3.8) is 0 Å². The molecule has 414 valence electrons. The maximum absolute atomic E-state index is 12.7. The number of primary amides is 1. The number of hydrazone groups is 1. The predicted molar refractivity (Wildman–Crippen MR) is 295 cm³/mol. The second kappa shape index (κ2) is 33.4. The summed E-state index contributed by atoms with van der Waals surface area (Å²) in [6.07, 6.45) is 19.2. The zero-order valence-electron chi connectivity index (χ0n) is 44.7. The van der Waals surface area contributed by atoms with E-state index in [0.29, 0.717) is 48.3 Å². The summed E-state index contributed by atoms with van der Waals surface area (Å²) in [7, 11) is 3.44. The standard InChI is InChI=1S/C24H26N8O2.C15H27N3O2.C11H21NO.C4H10N2O.CH4/c25-29-20(23(27-15-33)17-7-3-1-4-8-17)13-26-19-11-12-22(19)32-14-21(30-31-32)24(28-16-34)18-9-5-2-6-10-18;1-10-8-9-12-6-4-5-7-13(15(20)18(10)12)17-14(19)11(2)16-3;1-3-5-8-11(13)12-9-6-7-10(12)4-2;1-3(6-2)4(5)7;/h1-10,13-16,19,22-24H,11-12,25H2,(H,27,33)(H,28,34);10-13,16H,4-9H2,1-3H3,(H,17,19);10H,3-9H2,1-2H3;3,6H,1-2H3,(H2,5,7);1H4/b26-13?,29-20+;;;;/t19?,22?,23-,24-;10?,11-,12?,13?;;;/m00.../s1. The number of rotatable bonds is 20. The maximum atomic E-state index is 12.7. The van der Waals surface area contributed by atoms with E-state index >= 15 is 0 Å². The number of nitrogens with two attached hydrogens (primary N) is 2. The number of unbranched alkanes of at least 4 members (excludes halogenated alkanes) is 1. The molecule has 2 aromatic carbocycles.